The number of hydrogen-bond acceptors (Lipinski definition) is 2. The minimum Gasteiger partial charge on any atom is -0.448 e. The second kappa shape index (κ2) is 9.03. The highest BCUT2D eigenvalue weighted by Crippen LogP contribution is 2.45. The van der Waals surface area contributed by atoms with Gasteiger partial charge < -0.3 is 4.74 Å². The molecule has 1 aliphatic carbocycles. The maximum atomic E-state index is 13.4. The summed E-state index contributed by atoms with van der Waals surface area (Å²) in [6.07, 6.45) is 7.42. The predicted molar refractivity (Wildman–Crippen MR) is 141 cm³/mol. The van der Waals surface area contributed by atoms with Crippen LogP contribution in [0.4, 0.5) is 4.79 Å². The van der Waals surface area contributed by atoms with Gasteiger partial charge in [-0.05, 0) is 84.9 Å². The average molecular weight is 464 g/mol. The molecular formula is C32H33NO2. The summed E-state index contributed by atoms with van der Waals surface area (Å²) in [6, 6.07) is 24.0. The molecule has 178 valence electrons. The molecule has 1 amide bonds. The zero-order valence-electron chi connectivity index (χ0n) is 20.7. The number of nitrogens with zero attached hydrogens (tertiary/aromatic N) is 1. The van der Waals surface area contributed by atoms with Crippen LogP contribution in [-0.4, -0.2) is 29.7 Å². The maximum Gasteiger partial charge on any atom is 0.410 e. The summed E-state index contributed by atoms with van der Waals surface area (Å²) in [4.78, 5) is 15.5. The van der Waals surface area contributed by atoms with Crippen molar-refractivity contribution in [3.05, 3.63) is 106 Å². The fourth-order valence-corrected chi connectivity index (χ4v) is 6.56. The van der Waals surface area contributed by atoms with Crippen LogP contribution in [0, 0.1) is 13.8 Å². The quantitative estimate of drug-likeness (QED) is 0.379. The van der Waals surface area contributed by atoms with E-state index in [0.717, 1.165) is 25.7 Å². The van der Waals surface area contributed by atoms with Gasteiger partial charge in [-0.3, -0.25) is 4.90 Å². The largest absolute Gasteiger partial charge is 0.448 e. The van der Waals surface area contributed by atoms with Crippen LogP contribution in [0.5, 0.6) is 0 Å². The van der Waals surface area contributed by atoms with Gasteiger partial charge in [0.15, 0.2) is 0 Å². The Labute approximate surface area is 208 Å². The highest BCUT2D eigenvalue weighted by Gasteiger charge is 2.39. The van der Waals surface area contributed by atoms with Crippen molar-refractivity contribution in [3.63, 3.8) is 0 Å². The fraction of sp³-hybridized carbons (Fsp3) is 0.344. The van der Waals surface area contributed by atoms with Crippen LogP contribution >= 0.6 is 0 Å². The molecular weight excluding hydrogens is 430 g/mol. The normalized spacial score (nSPS) is 20.7. The van der Waals surface area contributed by atoms with Crippen molar-refractivity contribution < 1.29 is 9.53 Å². The van der Waals surface area contributed by atoms with Gasteiger partial charge in [-0.15, -0.1) is 0 Å². The molecule has 2 unspecified atom stereocenters. The first kappa shape index (κ1) is 22.2. The standard InChI is InChI=1S/C32H33NO2/c1-21-9-7-10-22(2)30(21)19-23-17-24-11-8-12-25(18-23)33(24)32(34)35-20-31-28-15-5-3-13-26(28)27-14-4-6-16-29(27)31/h3-7,9-10,13-17,24-25,31H,8,11-12,18-20H2,1-2H3. The summed E-state index contributed by atoms with van der Waals surface area (Å²) in [6.45, 7) is 4.80. The topological polar surface area (TPSA) is 29.5 Å². The van der Waals surface area contributed by atoms with E-state index in [0.29, 0.717) is 6.61 Å². The van der Waals surface area contributed by atoms with Crippen LogP contribution in [0.2, 0.25) is 0 Å². The molecule has 35 heavy (non-hydrogen) atoms. The Kier molecular flexibility index (Phi) is 5.72. The summed E-state index contributed by atoms with van der Waals surface area (Å²) >= 11 is 0. The molecule has 3 heteroatoms. The van der Waals surface area contributed by atoms with Crippen LogP contribution in [0.25, 0.3) is 11.1 Å². The number of ether oxygens (including phenoxy) is 1. The van der Waals surface area contributed by atoms with E-state index >= 15 is 0 Å². The SMILES string of the molecule is Cc1cccc(C)c1CC1=CC2CCCC(C1)N2C(=O)OCC1c2ccccc2-c2ccccc21. The van der Waals surface area contributed by atoms with E-state index in [1.807, 2.05) is 4.90 Å². The van der Waals surface area contributed by atoms with Gasteiger partial charge in [-0.2, -0.15) is 0 Å². The molecule has 2 aliphatic heterocycles. The lowest BCUT2D eigenvalue weighted by Crippen LogP contribution is -2.52. The van der Waals surface area contributed by atoms with E-state index in [-0.39, 0.29) is 24.1 Å². The lowest BCUT2D eigenvalue weighted by molar-refractivity contribution is 0.0509. The van der Waals surface area contributed by atoms with E-state index in [4.69, 9.17) is 4.74 Å². The Balaban J connectivity index is 1.19. The minimum atomic E-state index is -0.149. The molecule has 0 radical (unpaired) electrons. The molecule has 1 saturated heterocycles. The van der Waals surface area contributed by atoms with Crippen molar-refractivity contribution in [2.24, 2.45) is 0 Å². The van der Waals surface area contributed by atoms with Crippen LogP contribution in [0.3, 0.4) is 0 Å². The number of carbonyl (C=O) groups is 1. The van der Waals surface area contributed by atoms with Crippen molar-refractivity contribution in [3.8, 4) is 11.1 Å². The number of amides is 1. The Bertz CT molecular complexity index is 1240. The van der Waals surface area contributed by atoms with E-state index in [9.17, 15) is 4.79 Å². The molecule has 3 aromatic rings. The Hall–Kier alpha value is -3.33. The molecule has 1 fully saturated rings. The smallest absolute Gasteiger partial charge is 0.410 e. The zero-order valence-corrected chi connectivity index (χ0v) is 20.7. The molecule has 3 aromatic carbocycles. The number of hydrogen-bond donors (Lipinski definition) is 0. The fourth-order valence-electron chi connectivity index (χ4n) is 6.56. The number of piperidine rings is 1. The predicted octanol–water partition coefficient (Wildman–Crippen LogP) is 7.35. The molecule has 3 aliphatic rings. The van der Waals surface area contributed by atoms with E-state index in [1.54, 1.807) is 0 Å². The molecule has 2 atom stereocenters. The van der Waals surface area contributed by atoms with Crippen molar-refractivity contribution in [2.45, 2.75) is 64.0 Å². The summed E-state index contributed by atoms with van der Waals surface area (Å²) in [5, 5.41) is 0. The Morgan fingerprint density at radius 3 is 2.20 bits per heavy atom. The molecule has 0 aromatic heterocycles. The van der Waals surface area contributed by atoms with E-state index < -0.39 is 0 Å². The number of rotatable bonds is 4. The van der Waals surface area contributed by atoms with Gasteiger partial charge in [0.05, 0.1) is 6.04 Å². The highest BCUT2D eigenvalue weighted by molar-refractivity contribution is 5.79. The van der Waals surface area contributed by atoms with E-state index in [2.05, 4.69) is 86.7 Å². The Morgan fingerprint density at radius 1 is 0.886 bits per heavy atom. The second-order valence-corrected chi connectivity index (χ2v) is 10.4. The maximum absolute atomic E-state index is 13.4. The first-order valence-electron chi connectivity index (χ1n) is 13.0. The molecule has 0 spiro atoms. The number of aryl methyl sites for hydroxylation is 2. The van der Waals surface area contributed by atoms with Crippen LogP contribution in [-0.2, 0) is 11.2 Å². The molecule has 2 bridgehead atoms. The molecule has 2 heterocycles. The van der Waals surface area contributed by atoms with Crippen LogP contribution in [0.15, 0.2) is 78.4 Å². The van der Waals surface area contributed by atoms with E-state index in [1.165, 1.54) is 50.9 Å². The first-order valence-corrected chi connectivity index (χ1v) is 13.0. The third-order valence-electron chi connectivity index (χ3n) is 8.31. The zero-order chi connectivity index (χ0) is 23.9. The van der Waals surface area contributed by atoms with Gasteiger partial charge in [-0.25, -0.2) is 4.79 Å². The second-order valence-electron chi connectivity index (χ2n) is 10.4. The van der Waals surface area contributed by atoms with Crippen LogP contribution < -0.4 is 0 Å². The molecule has 0 saturated carbocycles. The number of benzene rings is 3. The molecule has 3 nitrogen and oxygen atoms in total. The first-order chi connectivity index (χ1) is 17.1. The van der Waals surface area contributed by atoms with Gasteiger partial charge in [-0.1, -0.05) is 78.4 Å². The number of carbonyl (C=O) groups excluding carboxylic acids is 1. The van der Waals surface area contributed by atoms with Gasteiger partial charge >= 0.3 is 6.09 Å². The van der Waals surface area contributed by atoms with Gasteiger partial charge in [0.2, 0.25) is 0 Å². The van der Waals surface area contributed by atoms with Crippen molar-refractivity contribution >= 4 is 6.09 Å². The third-order valence-corrected chi connectivity index (χ3v) is 8.31. The summed E-state index contributed by atoms with van der Waals surface area (Å²) in [5.74, 6) is 0.103. The summed E-state index contributed by atoms with van der Waals surface area (Å²) < 4.78 is 6.07. The van der Waals surface area contributed by atoms with Gasteiger partial charge in [0.25, 0.3) is 0 Å². The minimum absolute atomic E-state index is 0.103. The van der Waals surface area contributed by atoms with Crippen molar-refractivity contribution in [1.82, 2.24) is 4.90 Å². The lowest BCUT2D eigenvalue weighted by Gasteiger charge is -2.44. The van der Waals surface area contributed by atoms with Gasteiger partial charge in [0, 0.05) is 12.0 Å². The lowest BCUT2D eigenvalue weighted by atomic mass is 9.82. The van der Waals surface area contributed by atoms with Crippen molar-refractivity contribution in [2.75, 3.05) is 6.61 Å². The summed E-state index contributed by atoms with van der Waals surface area (Å²) in [7, 11) is 0. The highest BCUT2D eigenvalue weighted by atomic mass is 16.6. The molecule has 6 rings (SSSR count). The average Bonchev–Trinajstić information content (AvgIpc) is 3.18. The molecule has 0 N–H and O–H groups in total. The van der Waals surface area contributed by atoms with Gasteiger partial charge in [0.1, 0.15) is 6.61 Å². The third kappa shape index (κ3) is 3.97. The number of fused-ring (bicyclic) bond motifs is 5. The summed E-state index contributed by atoms with van der Waals surface area (Å²) in [5.41, 5.74) is 10.7. The van der Waals surface area contributed by atoms with Crippen LogP contribution in [0.1, 0.15) is 59.4 Å². The monoisotopic (exact) mass is 463 g/mol. The Morgan fingerprint density at radius 2 is 1.54 bits per heavy atom. The van der Waals surface area contributed by atoms with Crippen molar-refractivity contribution in [1.29, 1.82) is 0 Å².